The molecule has 2 aromatic heterocycles. The summed E-state index contributed by atoms with van der Waals surface area (Å²) in [5.74, 6) is -2.01. The van der Waals surface area contributed by atoms with Crippen molar-refractivity contribution in [1.82, 2.24) is 14.5 Å². The zero-order valence-electron chi connectivity index (χ0n) is 16.2. The van der Waals surface area contributed by atoms with Crippen molar-refractivity contribution in [3.8, 4) is 5.00 Å². The molecule has 10 heteroatoms. The molecule has 0 bridgehead atoms. The first-order chi connectivity index (χ1) is 14.2. The van der Waals surface area contributed by atoms with E-state index in [0.29, 0.717) is 5.00 Å². The Morgan fingerprint density at radius 1 is 1.30 bits per heavy atom. The van der Waals surface area contributed by atoms with Crippen LogP contribution in [-0.4, -0.2) is 34.8 Å². The Balaban J connectivity index is 1.62. The summed E-state index contributed by atoms with van der Waals surface area (Å²) in [4.78, 5) is 12.1. The van der Waals surface area contributed by atoms with Crippen LogP contribution in [0, 0.1) is 5.92 Å². The van der Waals surface area contributed by atoms with Gasteiger partial charge >= 0.3 is 5.97 Å². The van der Waals surface area contributed by atoms with E-state index < -0.39 is 27.4 Å². The second-order valence-electron chi connectivity index (χ2n) is 7.38. The molecule has 4 rings (SSSR count). The molecule has 1 saturated carbocycles. The number of carboxylic acids is 1. The summed E-state index contributed by atoms with van der Waals surface area (Å²) >= 11 is 7.07. The summed E-state index contributed by atoms with van der Waals surface area (Å²) < 4.78 is 30.2. The number of aliphatic carboxylic acids is 1. The standard InChI is InChI=1S/C20H20ClN3O4S2/c1-12-18(14-6-4-3-5-7-14)20(12,19(25)26)23-30(27,28)17-9-8-16(29-17)24-11-15(10-22-24)13(2)21/h3-13,18,23H,1-2H3,(H,25,26)/t12?,13?,18-,20?/m1/s1. The topological polar surface area (TPSA) is 101 Å². The maximum atomic E-state index is 13.1. The van der Waals surface area contributed by atoms with Gasteiger partial charge in [0.25, 0.3) is 10.0 Å². The van der Waals surface area contributed by atoms with Gasteiger partial charge in [-0.2, -0.15) is 9.82 Å². The molecule has 3 aromatic rings. The fourth-order valence-electron chi connectivity index (χ4n) is 3.81. The number of sulfonamides is 1. The van der Waals surface area contributed by atoms with E-state index in [2.05, 4.69) is 9.82 Å². The minimum Gasteiger partial charge on any atom is -0.480 e. The molecule has 158 valence electrons. The highest BCUT2D eigenvalue weighted by molar-refractivity contribution is 7.91. The van der Waals surface area contributed by atoms with E-state index in [1.54, 1.807) is 30.1 Å². The SMILES string of the molecule is CC(Cl)c1cnn(-c2ccc(S(=O)(=O)NC3(C(=O)O)C(C)[C@@H]3c3ccccc3)s2)c1. The monoisotopic (exact) mass is 465 g/mol. The molecule has 0 radical (unpaired) electrons. The second-order valence-corrected chi connectivity index (χ2v) is 11.0. The zero-order chi connectivity index (χ0) is 21.7. The predicted molar refractivity (Wildman–Crippen MR) is 115 cm³/mol. The lowest BCUT2D eigenvalue weighted by Gasteiger charge is -2.15. The van der Waals surface area contributed by atoms with Crippen molar-refractivity contribution < 1.29 is 18.3 Å². The lowest BCUT2D eigenvalue weighted by atomic mass is 10.1. The van der Waals surface area contributed by atoms with E-state index >= 15 is 0 Å². The molecule has 2 N–H and O–H groups in total. The van der Waals surface area contributed by atoms with Crippen molar-refractivity contribution >= 4 is 38.9 Å². The van der Waals surface area contributed by atoms with Crippen molar-refractivity contribution in [3.05, 3.63) is 66.0 Å². The third-order valence-electron chi connectivity index (χ3n) is 5.54. The number of carbonyl (C=O) groups is 1. The normalized spacial score (nSPS) is 24.5. The van der Waals surface area contributed by atoms with Crippen LogP contribution < -0.4 is 4.72 Å². The van der Waals surface area contributed by atoms with Gasteiger partial charge < -0.3 is 5.11 Å². The van der Waals surface area contributed by atoms with Gasteiger partial charge in [-0.15, -0.1) is 22.9 Å². The van der Waals surface area contributed by atoms with E-state index in [0.717, 1.165) is 22.5 Å². The molecule has 1 fully saturated rings. The summed E-state index contributed by atoms with van der Waals surface area (Å²) in [6.07, 6.45) is 3.36. The largest absolute Gasteiger partial charge is 0.480 e. The van der Waals surface area contributed by atoms with Gasteiger partial charge in [0.05, 0.1) is 11.6 Å². The van der Waals surface area contributed by atoms with Crippen molar-refractivity contribution in [2.24, 2.45) is 5.92 Å². The molecule has 7 nitrogen and oxygen atoms in total. The molecule has 0 amide bonds. The van der Waals surface area contributed by atoms with Crippen LogP contribution in [-0.2, 0) is 14.8 Å². The summed E-state index contributed by atoms with van der Waals surface area (Å²) in [5, 5.41) is 14.5. The van der Waals surface area contributed by atoms with Crippen LogP contribution in [0.25, 0.3) is 5.00 Å². The van der Waals surface area contributed by atoms with Gasteiger partial charge in [-0.05, 0) is 30.5 Å². The number of benzene rings is 1. The highest BCUT2D eigenvalue weighted by atomic mass is 35.5. The molecule has 1 aliphatic carbocycles. The van der Waals surface area contributed by atoms with Gasteiger partial charge in [0.2, 0.25) is 0 Å². The van der Waals surface area contributed by atoms with Gasteiger partial charge in [0.1, 0.15) is 14.7 Å². The Hall–Kier alpha value is -2.20. The van der Waals surface area contributed by atoms with Crippen LogP contribution in [0.2, 0.25) is 0 Å². The lowest BCUT2D eigenvalue weighted by Crippen LogP contribution is -2.45. The Morgan fingerprint density at radius 3 is 2.60 bits per heavy atom. The van der Waals surface area contributed by atoms with Crippen LogP contribution in [0.4, 0.5) is 0 Å². The Kier molecular flexibility index (Phi) is 5.26. The summed E-state index contributed by atoms with van der Waals surface area (Å²) in [5.41, 5.74) is 0.0354. The quantitative estimate of drug-likeness (QED) is 0.517. The summed E-state index contributed by atoms with van der Waals surface area (Å²) in [6.45, 7) is 3.56. The lowest BCUT2D eigenvalue weighted by molar-refractivity contribution is -0.140. The van der Waals surface area contributed by atoms with Crippen LogP contribution in [0.3, 0.4) is 0 Å². The molecular weight excluding hydrogens is 446 g/mol. The van der Waals surface area contributed by atoms with Gasteiger partial charge in [-0.1, -0.05) is 37.3 Å². The van der Waals surface area contributed by atoms with Crippen molar-refractivity contribution in [2.45, 2.75) is 34.9 Å². The smallest absolute Gasteiger partial charge is 0.325 e. The number of thiophene rings is 1. The number of rotatable bonds is 7. The molecule has 0 spiro atoms. The van der Waals surface area contributed by atoms with Crippen LogP contribution in [0.1, 0.15) is 36.3 Å². The molecule has 0 aliphatic heterocycles. The predicted octanol–water partition coefficient (Wildman–Crippen LogP) is 3.77. The number of halogens is 1. The first-order valence-corrected chi connectivity index (χ1v) is 12.0. The number of aromatic nitrogens is 2. The van der Waals surface area contributed by atoms with E-state index in [9.17, 15) is 18.3 Å². The first-order valence-electron chi connectivity index (χ1n) is 9.28. The highest BCUT2D eigenvalue weighted by Gasteiger charge is 2.70. The van der Waals surface area contributed by atoms with E-state index in [1.165, 1.54) is 6.07 Å². The molecule has 30 heavy (non-hydrogen) atoms. The Labute approximate surface area is 183 Å². The molecule has 0 saturated heterocycles. The average molecular weight is 466 g/mol. The summed E-state index contributed by atoms with van der Waals surface area (Å²) in [7, 11) is -4.05. The zero-order valence-corrected chi connectivity index (χ0v) is 18.6. The van der Waals surface area contributed by atoms with Crippen molar-refractivity contribution in [2.75, 3.05) is 0 Å². The van der Waals surface area contributed by atoms with E-state index in [4.69, 9.17) is 11.6 Å². The average Bonchev–Trinajstić information content (AvgIpc) is 3.14. The van der Waals surface area contributed by atoms with Crippen LogP contribution >= 0.6 is 22.9 Å². The number of nitrogens with one attached hydrogen (secondary N) is 1. The maximum absolute atomic E-state index is 13.1. The number of alkyl halides is 1. The third-order valence-corrected chi connectivity index (χ3v) is 8.84. The van der Waals surface area contributed by atoms with Crippen LogP contribution in [0.5, 0.6) is 0 Å². The fourth-order valence-corrected chi connectivity index (χ4v) is 6.61. The molecule has 3 unspecified atom stereocenters. The Morgan fingerprint density at radius 2 is 2.00 bits per heavy atom. The molecule has 2 heterocycles. The number of hydrogen-bond donors (Lipinski definition) is 2. The minimum atomic E-state index is -4.05. The molecular formula is C20H20ClN3O4S2. The fraction of sp³-hybridized carbons (Fsp3) is 0.300. The molecule has 1 aliphatic rings. The summed E-state index contributed by atoms with van der Waals surface area (Å²) in [6, 6.07) is 12.2. The van der Waals surface area contributed by atoms with Gasteiger partial charge in [0, 0.05) is 17.7 Å². The number of hydrogen-bond acceptors (Lipinski definition) is 5. The van der Waals surface area contributed by atoms with Crippen molar-refractivity contribution in [3.63, 3.8) is 0 Å². The Bertz CT molecular complexity index is 1190. The van der Waals surface area contributed by atoms with Crippen molar-refractivity contribution in [1.29, 1.82) is 0 Å². The second kappa shape index (κ2) is 7.49. The third kappa shape index (κ3) is 3.45. The van der Waals surface area contributed by atoms with Gasteiger partial charge in [0.15, 0.2) is 0 Å². The number of nitrogens with zero attached hydrogens (tertiary/aromatic N) is 2. The molecule has 1 aromatic carbocycles. The highest BCUT2D eigenvalue weighted by Crippen LogP contribution is 2.58. The molecule has 4 atom stereocenters. The number of carboxylic acid groups (broad SMARTS) is 1. The minimum absolute atomic E-state index is 0.0278. The van der Waals surface area contributed by atoms with E-state index in [-0.39, 0.29) is 15.5 Å². The maximum Gasteiger partial charge on any atom is 0.325 e. The van der Waals surface area contributed by atoms with E-state index in [1.807, 2.05) is 37.3 Å². The van der Waals surface area contributed by atoms with Gasteiger partial charge in [-0.3, -0.25) is 4.79 Å². The van der Waals surface area contributed by atoms with Crippen LogP contribution in [0.15, 0.2) is 59.1 Å². The van der Waals surface area contributed by atoms with Gasteiger partial charge in [-0.25, -0.2) is 13.1 Å². The first kappa shape index (κ1) is 21.0.